The lowest BCUT2D eigenvalue weighted by atomic mass is 10.1. The number of hydrogen-bond acceptors (Lipinski definition) is 6. The van der Waals surface area contributed by atoms with E-state index in [4.69, 9.17) is 6.57 Å². The molecule has 0 saturated carbocycles. The molecule has 0 radical (unpaired) electrons. The van der Waals surface area contributed by atoms with Crippen molar-refractivity contribution in [1.29, 1.82) is 0 Å². The van der Waals surface area contributed by atoms with Gasteiger partial charge in [-0.2, -0.15) is 13.2 Å². The summed E-state index contributed by atoms with van der Waals surface area (Å²) in [4.78, 5) is 23.6. The third kappa shape index (κ3) is 3.73. The Hall–Kier alpha value is -4.13. The number of rotatable bonds is 3. The van der Waals surface area contributed by atoms with Crippen molar-refractivity contribution in [2.75, 3.05) is 5.32 Å². The number of anilines is 2. The average Bonchev–Trinajstić information content (AvgIpc) is 2.73. The second kappa shape index (κ2) is 7.36. The van der Waals surface area contributed by atoms with E-state index in [-0.39, 0.29) is 5.82 Å². The number of fused-ring (bicyclic) bond motifs is 1. The van der Waals surface area contributed by atoms with E-state index in [2.05, 4.69) is 35.1 Å². The van der Waals surface area contributed by atoms with Crippen LogP contribution in [0.25, 0.3) is 27.3 Å². The number of nitrogens with one attached hydrogen (secondary N) is 1. The van der Waals surface area contributed by atoms with Crippen LogP contribution in [-0.4, -0.2) is 24.9 Å². The Morgan fingerprint density at radius 2 is 1.83 bits per heavy atom. The lowest BCUT2D eigenvalue weighted by Crippen LogP contribution is -2.09. The van der Waals surface area contributed by atoms with E-state index < -0.39 is 11.9 Å². The largest absolute Gasteiger partial charge is 0.434 e. The highest BCUT2D eigenvalue weighted by atomic mass is 19.4. The molecule has 7 nitrogen and oxygen atoms in total. The van der Waals surface area contributed by atoms with E-state index in [1.165, 1.54) is 12.4 Å². The molecule has 0 amide bonds. The van der Waals surface area contributed by atoms with Crippen LogP contribution in [0.5, 0.6) is 0 Å². The summed E-state index contributed by atoms with van der Waals surface area (Å²) in [6.07, 6.45) is 0.151. The van der Waals surface area contributed by atoms with Gasteiger partial charge in [0, 0.05) is 17.8 Å². The lowest BCUT2D eigenvalue weighted by Gasteiger charge is -2.11. The Kier molecular flexibility index (Phi) is 4.71. The number of aryl methyl sites for hydroxylation is 1. The fourth-order valence-corrected chi connectivity index (χ4v) is 2.84. The summed E-state index contributed by atoms with van der Waals surface area (Å²) in [6.45, 7) is 8.91. The maximum atomic E-state index is 12.6. The second-order valence-corrected chi connectivity index (χ2v) is 6.31. The van der Waals surface area contributed by atoms with Gasteiger partial charge in [0.05, 0.1) is 36.0 Å². The van der Waals surface area contributed by atoms with Crippen LogP contribution in [0.1, 0.15) is 11.3 Å². The Morgan fingerprint density at radius 3 is 2.50 bits per heavy atom. The topological polar surface area (TPSA) is 80.8 Å². The molecule has 10 heteroatoms. The highest BCUT2D eigenvalue weighted by Crippen LogP contribution is 2.29. The van der Waals surface area contributed by atoms with Gasteiger partial charge in [-0.25, -0.2) is 24.8 Å². The van der Waals surface area contributed by atoms with Gasteiger partial charge in [-0.15, -0.1) is 0 Å². The minimum absolute atomic E-state index is 0.159. The summed E-state index contributed by atoms with van der Waals surface area (Å²) in [7, 11) is 0. The molecule has 0 saturated heterocycles. The predicted octanol–water partition coefficient (Wildman–Crippen LogP) is 5.10. The van der Waals surface area contributed by atoms with Gasteiger partial charge in [0.15, 0.2) is 11.3 Å². The third-order valence-corrected chi connectivity index (χ3v) is 4.24. The fraction of sp³-hybridized carbons (Fsp3) is 0.100. The minimum atomic E-state index is -4.55. The molecule has 0 aliphatic rings. The van der Waals surface area contributed by atoms with E-state index in [1.807, 2.05) is 6.92 Å². The number of pyridine rings is 3. The zero-order valence-corrected chi connectivity index (χ0v) is 15.4. The van der Waals surface area contributed by atoms with E-state index in [1.54, 1.807) is 24.3 Å². The van der Waals surface area contributed by atoms with Crippen LogP contribution < -0.4 is 5.32 Å². The Balaban J connectivity index is 1.67. The molecule has 148 valence electrons. The smallest absolute Gasteiger partial charge is 0.338 e. The van der Waals surface area contributed by atoms with Gasteiger partial charge < -0.3 is 5.32 Å². The van der Waals surface area contributed by atoms with Crippen molar-refractivity contribution in [2.24, 2.45) is 0 Å². The first-order valence-electron chi connectivity index (χ1n) is 8.61. The molecule has 0 atom stereocenters. The fourth-order valence-electron chi connectivity index (χ4n) is 2.84. The van der Waals surface area contributed by atoms with Gasteiger partial charge >= 0.3 is 6.18 Å². The summed E-state index contributed by atoms with van der Waals surface area (Å²) < 4.78 is 37.9. The summed E-state index contributed by atoms with van der Waals surface area (Å²) >= 11 is 0. The van der Waals surface area contributed by atoms with Gasteiger partial charge in [0.25, 0.3) is 0 Å². The first-order chi connectivity index (χ1) is 14.3. The summed E-state index contributed by atoms with van der Waals surface area (Å²) in [5, 5.41) is 3.59. The first kappa shape index (κ1) is 19.2. The Morgan fingerprint density at radius 1 is 1.00 bits per heavy atom. The third-order valence-electron chi connectivity index (χ3n) is 4.24. The van der Waals surface area contributed by atoms with Crippen LogP contribution in [0.4, 0.5) is 30.4 Å². The van der Waals surface area contributed by atoms with Gasteiger partial charge in [-0.1, -0.05) is 0 Å². The zero-order valence-electron chi connectivity index (χ0n) is 15.4. The predicted molar refractivity (Wildman–Crippen MR) is 104 cm³/mol. The van der Waals surface area contributed by atoms with Crippen molar-refractivity contribution in [1.82, 2.24) is 24.9 Å². The Bertz CT molecular complexity index is 1280. The van der Waals surface area contributed by atoms with Crippen molar-refractivity contribution in [2.45, 2.75) is 13.1 Å². The first-order valence-corrected chi connectivity index (χ1v) is 8.61. The number of nitrogens with zero attached hydrogens (tertiary/aromatic N) is 6. The van der Waals surface area contributed by atoms with Crippen molar-refractivity contribution < 1.29 is 13.2 Å². The normalized spacial score (nSPS) is 11.3. The van der Waals surface area contributed by atoms with E-state index in [9.17, 15) is 13.2 Å². The van der Waals surface area contributed by atoms with Gasteiger partial charge in [-0.05, 0) is 36.8 Å². The Labute approximate surface area is 168 Å². The molecule has 30 heavy (non-hydrogen) atoms. The van der Waals surface area contributed by atoms with E-state index >= 15 is 0 Å². The van der Waals surface area contributed by atoms with Crippen LogP contribution in [0.2, 0.25) is 0 Å². The standard InChI is InChI=1S/C20H12F3N7/c1-11-7-12(24-2)8-28-18(11)15-4-3-13-14(5-6-25-19(13)30-15)29-17-10-26-16(9-27-17)20(21,22)23/h3-10H,1H3,(H,25,27,29,30). The molecule has 0 aromatic carbocycles. The maximum Gasteiger partial charge on any atom is 0.434 e. The average molecular weight is 407 g/mol. The van der Waals surface area contributed by atoms with Crippen LogP contribution >= 0.6 is 0 Å². The molecular formula is C20H12F3N7. The molecule has 0 spiro atoms. The van der Waals surface area contributed by atoms with Crippen LogP contribution in [-0.2, 0) is 6.18 Å². The molecule has 1 N–H and O–H groups in total. The number of halogens is 3. The molecule has 4 aromatic rings. The molecule has 4 heterocycles. The van der Waals surface area contributed by atoms with Crippen molar-refractivity contribution in [3.8, 4) is 11.4 Å². The number of aromatic nitrogens is 5. The second-order valence-electron chi connectivity index (χ2n) is 6.31. The molecule has 0 bridgehead atoms. The quantitative estimate of drug-likeness (QED) is 0.476. The summed E-state index contributed by atoms with van der Waals surface area (Å²) in [5.41, 5.74) is 2.41. The van der Waals surface area contributed by atoms with E-state index in [0.29, 0.717) is 40.0 Å². The van der Waals surface area contributed by atoms with Crippen molar-refractivity contribution in [3.05, 3.63) is 71.7 Å². The number of hydrogen-bond donors (Lipinski definition) is 1. The molecule has 0 aliphatic heterocycles. The zero-order chi connectivity index (χ0) is 21.3. The SMILES string of the molecule is [C-]#[N+]c1cnc(-c2ccc3c(Nc4cnc(C(F)(F)F)cn4)ccnc3n2)c(C)c1. The summed E-state index contributed by atoms with van der Waals surface area (Å²) in [5.74, 6) is 0.159. The number of alkyl halides is 3. The monoisotopic (exact) mass is 407 g/mol. The molecule has 0 aliphatic carbocycles. The highest BCUT2D eigenvalue weighted by molar-refractivity contribution is 5.91. The molecule has 4 aromatic heterocycles. The molecule has 0 fully saturated rings. The van der Waals surface area contributed by atoms with Gasteiger partial charge in [0.2, 0.25) is 5.69 Å². The highest BCUT2D eigenvalue weighted by Gasteiger charge is 2.32. The van der Waals surface area contributed by atoms with Crippen LogP contribution in [0.3, 0.4) is 0 Å². The van der Waals surface area contributed by atoms with Crippen molar-refractivity contribution >= 4 is 28.2 Å². The lowest BCUT2D eigenvalue weighted by molar-refractivity contribution is -0.141. The molecule has 4 rings (SSSR count). The van der Waals surface area contributed by atoms with Crippen LogP contribution in [0.15, 0.2) is 49.1 Å². The van der Waals surface area contributed by atoms with Gasteiger partial charge in [-0.3, -0.25) is 4.98 Å². The minimum Gasteiger partial charge on any atom is -0.338 e. The summed E-state index contributed by atoms with van der Waals surface area (Å²) in [6, 6.07) is 6.95. The van der Waals surface area contributed by atoms with E-state index in [0.717, 1.165) is 11.8 Å². The van der Waals surface area contributed by atoms with Crippen LogP contribution in [0, 0.1) is 13.5 Å². The molecular weight excluding hydrogens is 395 g/mol. The van der Waals surface area contributed by atoms with Gasteiger partial charge in [0.1, 0.15) is 5.82 Å². The molecule has 0 unspecified atom stereocenters. The van der Waals surface area contributed by atoms with Crippen molar-refractivity contribution in [3.63, 3.8) is 0 Å². The maximum absolute atomic E-state index is 12.6.